The summed E-state index contributed by atoms with van der Waals surface area (Å²) in [4.78, 5) is 11.4. The van der Waals surface area contributed by atoms with Crippen molar-refractivity contribution in [3.05, 3.63) is 0 Å². The lowest BCUT2D eigenvalue weighted by Gasteiger charge is -2.06. The Morgan fingerprint density at radius 1 is 1.27 bits per heavy atom. The Balaban J connectivity index is 1.44. The van der Waals surface area contributed by atoms with Crippen molar-refractivity contribution < 1.29 is 4.79 Å². The summed E-state index contributed by atoms with van der Waals surface area (Å²) in [5.41, 5.74) is 0. The minimum absolute atomic E-state index is 0.269. The van der Waals surface area contributed by atoms with Crippen LogP contribution >= 0.6 is 21.6 Å². The van der Waals surface area contributed by atoms with Crippen molar-refractivity contribution >= 4 is 27.5 Å². The van der Waals surface area contributed by atoms with E-state index in [-0.39, 0.29) is 5.91 Å². The van der Waals surface area contributed by atoms with Gasteiger partial charge in [-0.3, -0.25) is 4.79 Å². The summed E-state index contributed by atoms with van der Waals surface area (Å²) >= 11 is 0. The fourth-order valence-electron chi connectivity index (χ4n) is 1.75. The molecule has 1 aliphatic carbocycles. The zero-order valence-electron chi connectivity index (χ0n) is 9.04. The Hall–Kier alpha value is 0.170. The third kappa shape index (κ3) is 4.68. The average Bonchev–Trinajstić information content (AvgIpc) is 2.87. The molecule has 15 heavy (non-hydrogen) atoms. The molecule has 0 bridgehead atoms. The predicted molar refractivity (Wildman–Crippen MR) is 68.1 cm³/mol. The molecule has 2 rings (SSSR count). The molecule has 1 amide bonds. The summed E-state index contributed by atoms with van der Waals surface area (Å²) in [5.74, 6) is 1.59. The van der Waals surface area contributed by atoms with Gasteiger partial charge in [-0.1, -0.05) is 28.0 Å². The van der Waals surface area contributed by atoms with Crippen LogP contribution < -0.4 is 5.32 Å². The molecule has 0 spiro atoms. The van der Waals surface area contributed by atoms with Gasteiger partial charge in [0.15, 0.2) is 0 Å². The molecule has 2 fully saturated rings. The van der Waals surface area contributed by atoms with Gasteiger partial charge in [-0.05, 0) is 32.1 Å². The van der Waals surface area contributed by atoms with Crippen LogP contribution in [0.2, 0.25) is 0 Å². The van der Waals surface area contributed by atoms with Gasteiger partial charge in [0, 0.05) is 23.5 Å². The van der Waals surface area contributed by atoms with Crippen LogP contribution in [0.15, 0.2) is 0 Å². The second kappa shape index (κ2) is 6.04. The number of amides is 1. The minimum Gasteiger partial charge on any atom is -0.353 e. The molecule has 1 saturated heterocycles. The molecule has 1 atom stereocenters. The maximum Gasteiger partial charge on any atom is 0.220 e. The van der Waals surface area contributed by atoms with Crippen LogP contribution in [0.5, 0.6) is 0 Å². The number of rotatable bonds is 6. The number of carbonyl (C=O) groups excluding carboxylic acids is 1. The summed E-state index contributed by atoms with van der Waals surface area (Å²) < 4.78 is 0. The Morgan fingerprint density at radius 2 is 2.13 bits per heavy atom. The van der Waals surface area contributed by atoms with Crippen molar-refractivity contribution in [2.45, 2.75) is 56.2 Å². The summed E-state index contributed by atoms with van der Waals surface area (Å²) in [6.45, 7) is 0. The van der Waals surface area contributed by atoms with Crippen molar-refractivity contribution in [3.63, 3.8) is 0 Å². The molecule has 0 aromatic heterocycles. The van der Waals surface area contributed by atoms with Crippen LogP contribution in [-0.4, -0.2) is 23.0 Å². The van der Waals surface area contributed by atoms with Gasteiger partial charge in [-0.2, -0.15) is 0 Å². The van der Waals surface area contributed by atoms with E-state index in [0.717, 1.165) is 18.1 Å². The number of hydrogen-bond acceptors (Lipinski definition) is 3. The van der Waals surface area contributed by atoms with E-state index in [4.69, 9.17) is 0 Å². The van der Waals surface area contributed by atoms with Crippen LogP contribution in [0, 0.1) is 0 Å². The fraction of sp³-hybridized carbons (Fsp3) is 0.909. The highest BCUT2D eigenvalue weighted by atomic mass is 33.1. The van der Waals surface area contributed by atoms with E-state index >= 15 is 0 Å². The van der Waals surface area contributed by atoms with Crippen LogP contribution in [0.4, 0.5) is 0 Å². The first-order chi connectivity index (χ1) is 7.34. The highest BCUT2D eigenvalue weighted by Gasteiger charge is 2.22. The molecule has 2 aliphatic rings. The quantitative estimate of drug-likeness (QED) is 0.576. The Labute approximate surface area is 99.7 Å². The van der Waals surface area contributed by atoms with Crippen LogP contribution in [0.3, 0.4) is 0 Å². The smallest absolute Gasteiger partial charge is 0.220 e. The Bertz CT molecular complexity index is 213. The van der Waals surface area contributed by atoms with Gasteiger partial charge < -0.3 is 5.32 Å². The van der Waals surface area contributed by atoms with Crippen molar-refractivity contribution in [3.8, 4) is 0 Å². The first-order valence-corrected chi connectivity index (χ1v) is 8.30. The third-order valence-electron chi connectivity index (χ3n) is 2.85. The average molecular weight is 245 g/mol. The van der Waals surface area contributed by atoms with Crippen molar-refractivity contribution in [2.24, 2.45) is 0 Å². The number of unbranched alkanes of at least 4 members (excludes halogenated alkanes) is 1. The third-order valence-corrected chi connectivity index (χ3v) is 5.86. The first-order valence-electron chi connectivity index (χ1n) is 5.92. The largest absolute Gasteiger partial charge is 0.353 e. The fourth-order valence-corrected chi connectivity index (χ4v) is 4.78. The van der Waals surface area contributed by atoms with E-state index in [1.54, 1.807) is 0 Å². The number of nitrogens with one attached hydrogen (secondary N) is 1. The molecule has 1 N–H and O–H groups in total. The zero-order valence-corrected chi connectivity index (χ0v) is 10.7. The molecule has 86 valence electrons. The molecule has 1 unspecified atom stereocenters. The van der Waals surface area contributed by atoms with Crippen molar-refractivity contribution in [1.82, 2.24) is 5.32 Å². The number of hydrogen-bond donors (Lipinski definition) is 1. The normalized spacial score (nSPS) is 25.5. The summed E-state index contributed by atoms with van der Waals surface area (Å²) in [5, 5.41) is 3.90. The Morgan fingerprint density at radius 3 is 2.80 bits per heavy atom. The molecular weight excluding hydrogens is 226 g/mol. The summed E-state index contributed by atoms with van der Waals surface area (Å²) in [6, 6.07) is 0.527. The second-order valence-electron chi connectivity index (χ2n) is 4.42. The molecule has 0 aromatic rings. The van der Waals surface area contributed by atoms with Gasteiger partial charge in [0.1, 0.15) is 0 Å². The lowest BCUT2D eigenvalue weighted by molar-refractivity contribution is -0.121. The van der Waals surface area contributed by atoms with Gasteiger partial charge >= 0.3 is 0 Å². The van der Waals surface area contributed by atoms with Crippen molar-refractivity contribution in [2.75, 3.05) is 5.75 Å². The maximum atomic E-state index is 11.4. The molecule has 0 aromatic carbocycles. The van der Waals surface area contributed by atoms with E-state index in [9.17, 15) is 4.79 Å². The molecule has 4 heteroatoms. The molecule has 1 heterocycles. The zero-order chi connectivity index (χ0) is 10.5. The molecule has 0 radical (unpaired) electrons. The highest BCUT2D eigenvalue weighted by molar-refractivity contribution is 8.77. The summed E-state index contributed by atoms with van der Waals surface area (Å²) in [7, 11) is 4.04. The lowest BCUT2D eigenvalue weighted by atomic mass is 10.1. The van der Waals surface area contributed by atoms with E-state index in [0.29, 0.717) is 6.04 Å². The van der Waals surface area contributed by atoms with Crippen LogP contribution in [-0.2, 0) is 4.79 Å². The van der Waals surface area contributed by atoms with E-state index in [1.807, 2.05) is 21.6 Å². The van der Waals surface area contributed by atoms with Gasteiger partial charge in [0.25, 0.3) is 0 Å². The number of carbonyl (C=O) groups is 1. The van der Waals surface area contributed by atoms with Gasteiger partial charge in [0.2, 0.25) is 5.91 Å². The van der Waals surface area contributed by atoms with Gasteiger partial charge in [0.05, 0.1) is 0 Å². The molecular formula is C11H19NOS2. The highest BCUT2D eigenvalue weighted by Crippen LogP contribution is 2.39. The second-order valence-corrected chi connectivity index (χ2v) is 7.20. The summed E-state index contributed by atoms with van der Waals surface area (Å²) in [6.07, 6.45) is 8.08. The Kier molecular flexibility index (Phi) is 4.69. The van der Waals surface area contributed by atoms with Crippen molar-refractivity contribution in [1.29, 1.82) is 0 Å². The monoisotopic (exact) mass is 245 g/mol. The minimum atomic E-state index is 0.269. The van der Waals surface area contributed by atoms with E-state index < -0.39 is 0 Å². The SMILES string of the molecule is O=C(CCCCC1CCSS1)NC1CC1. The van der Waals surface area contributed by atoms with E-state index in [2.05, 4.69) is 5.32 Å². The van der Waals surface area contributed by atoms with Crippen LogP contribution in [0.1, 0.15) is 44.9 Å². The molecule has 1 aliphatic heterocycles. The predicted octanol–water partition coefficient (Wildman–Crippen LogP) is 2.98. The maximum absolute atomic E-state index is 11.4. The van der Waals surface area contributed by atoms with Crippen LogP contribution in [0.25, 0.3) is 0 Å². The first kappa shape index (κ1) is 11.6. The van der Waals surface area contributed by atoms with E-state index in [1.165, 1.54) is 37.9 Å². The standard InChI is InChI=1S/C11H19NOS2/c13-11(12-9-5-6-9)4-2-1-3-10-7-8-14-15-10/h9-10H,1-8H2,(H,12,13). The molecule has 2 nitrogen and oxygen atoms in total. The van der Waals surface area contributed by atoms with Gasteiger partial charge in [-0.15, -0.1) is 0 Å². The lowest BCUT2D eigenvalue weighted by Crippen LogP contribution is -2.24. The molecule has 1 saturated carbocycles. The topological polar surface area (TPSA) is 29.1 Å². The van der Waals surface area contributed by atoms with Gasteiger partial charge in [-0.25, -0.2) is 0 Å².